The lowest BCUT2D eigenvalue weighted by Crippen LogP contribution is -2.07. The second-order valence-electron chi connectivity index (χ2n) is 4.66. The highest BCUT2D eigenvalue weighted by atomic mass is 19.4. The van der Waals surface area contributed by atoms with Gasteiger partial charge in [0, 0.05) is 0 Å². The van der Waals surface area contributed by atoms with Gasteiger partial charge in [-0.15, -0.1) is 0 Å². The van der Waals surface area contributed by atoms with Crippen LogP contribution in [0.15, 0.2) is 18.2 Å². The Kier molecular flexibility index (Phi) is 3.40. The summed E-state index contributed by atoms with van der Waals surface area (Å²) in [6.07, 6.45) is 0.497. The molecule has 0 saturated heterocycles. The molecule has 0 unspecified atom stereocenters. The number of hydrogen-bond acceptors (Lipinski definition) is 0. The van der Waals surface area contributed by atoms with Crippen LogP contribution in [0.4, 0.5) is 17.6 Å². The van der Waals surface area contributed by atoms with Crippen molar-refractivity contribution in [1.29, 1.82) is 0 Å². The molecule has 0 atom stereocenters. The van der Waals surface area contributed by atoms with Crippen LogP contribution < -0.4 is 0 Å². The molecule has 94 valence electrons. The molecule has 0 aliphatic heterocycles. The third kappa shape index (κ3) is 2.99. The van der Waals surface area contributed by atoms with Crippen LogP contribution in [0.1, 0.15) is 36.8 Å². The van der Waals surface area contributed by atoms with E-state index in [1.54, 1.807) is 0 Å². The maximum atomic E-state index is 13.5. The molecule has 17 heavy (non-hydrogen) atoms. The van der Waals surface area contributed by atoms with Crippen molar-refractivity contribution < 1.29 is 17.6 Å². The van der Waals surface area contributed by atoms with Gasteiger partial charge in [0.25, 0.3) is 0 Å². The highest BCUT2D eigenvalue weighted by Crippen LogP contribution is 2.32. The van der Waals surface area contributed by atoms with Crippen LogP contribution >= 0.6 is 0 Å². The van der Waals surface area contributed by atoms with E-state index in [-0.39, 0.29) is 0 Å². The van der Waals surface area contributed by atoms with Crippen molar-refractivity contribution in [3.05, 3.63) is 35.1 Å². The fraction of sp³-hybridized carbons (Fsp3) is 0.538. The molecule has 1 aromatic rings. The first kappa shape index (κ1) is 12.4. The van der Waals surface area contributed by atoms with Crippen LogP contribution in [0.5, 0.6) is 0 Å². The topological polar surface area (TPSA) is 0 Å². The average molecular weight is 246 g/mol. The molecule has 0 N–H and O–H groups in total. The lowest BCUT2D eigenvalue weighted by Gasteiger charge is -2.12. The monoisotopic (exact) mass is 246 g/mol. The maximum Gasteiger partial charge on any atom is 0.416 e. The third-order valence-corrected chi connectivity index (χ3v) is 3.36. The fourth-order valence-electron chi connectivity index (χ4n) is 2.41. The molecule has 1 aliphatic rings. The van der Waals surface area contributed by atoms with E-state index in [1.807, 2.05) is 0 Å². The van der Waals surface area contributed by atoms with Crippen LogP contribution in [-0.2, 0) is 12.6 Å². The molecule has 1 aromatic carbocycles. The number of benzene rings is 1. The zero-order valence-electron chi connectivity index (χ0n) is 9.36. The number of halogens is 4. The minimum absolute atomic E-state index is 0.407. The summed E-state index contributed by atoms with van der Waals surface area (Å²) in [4.78, 5) is 0. The van der Waals surface area contributed by atoms with Crippen LogP contribution in [0.25, 0.3) is 0 Å². The van der Waals surface area contributed by atoms with Crippen LogP contribution in [0, 0.1) is 11.7 Å². The molecule has 1 fully saturated rings. The first-order valence-electron chi connectivity index (χ1n) is 5.82. The van der Waals surface area contributed by atoms with E-state index in [9.17, 15) is 17.6 Å². The summed E-state index contributed by atoms with van der Waals surface area (Å²) in [6.45, 7) is 0. The van der Waals surface area contributed by atoms with E-state index in [2.05, 4.69) is 0 Å². The van der Waals surface area contributed by atoms with Gasteiger partial charge in [-0.05, 0) is 30.0 Å². The number of hydrogen-bond donors (Lipinski definition) is 0. The predicted molar refractivity (Wildman–Crippen MR) is 57.1 cm³/mol. The molecule has 0 spiro atoms. The van der Waals surface area contributed by atoms with Crippen molar-refractivity contribution in [3.63, 3.8) is 0 Å². The second kappa shape index (κ2) is 4.67. The Bertz CT molecular complexity index is 389. The molecular weight excluding hydrogens is 232 g/mol. The molecule has 4 heteroatoms. The van der Waals surface area contributed by atoms with Crippen molar-refractivity contribution in [2.24, 2.45) is 5.92 Å². The van der Waals surface area contributed by atoms with Gasteiger partial charge in [0.05, 0.1) is 5.56 Å². The molecule has 1 aliphatic carbocycles. The van der Waals surface area contributed by atoms with E-state index >= 15 is 0 Å². The first-order valence-corrected chi connectivity index (χ1v) is 5.82. The van der Waals surface area contributed by atoms with Gasteiger partial charge >= 0.3 is 6.18 Å². The third-order valence-electron chi connectivity index (χ3n) is 3.36. The summed E-state index contributed by atoms with van der Waals surface area (Å²) in [5.41, 5.74) is -0.505. The Labute approximate surface area is 97.6 Å². The Morgan fingerprint density at radius 3 is 2.29 bits per heavy atom. The largest absolute Gasteiger partial charge is 0.416 e. The van der Waals surface area contributed by atoms with Crippen molar-refractivity contribution in [1.82, 2.24) is 0 Å². The summed E-state index contributed by atoms with van der Waals surface area (Å²) in [5, 5.41) is 0. The number of rotatable bonds is 2. The highest BCUT2D eigenvalue weighted by Gasteiger charge is 2.31. The second-order valence-corrected chi connectivity index (χ2v) is 4.66. The Hall–Kier alpha value is -1.06. The van der Waals surface area contributed by atoms with Crippen molar-refractivity contribution in [3.8, 4) is 0 Å². The van der Waals surface area contributed by atoms with Gasteiger partial charge in [0.1, 0.15) is 5.82 Å². The zero-order valence-corrected chi connectivity index (χ0v) is 9.36. The zero-order chi connectivity index (χ0) is 12.5. The Balaban J connectivity index is 2.14. The van der Waals surface area contributed by atoms with E-state index in [0.29, 0.717) is 24.0 Å². The van der Waals surface area contributed by atoms with Crippen molar-refractivity contribution in [2.45, 2.75) is 38.3 Å². The van der Waals surface area contributed by atoms with Gasteiger partial charge in [-0.2, -0.15) is 13.2 Å². The van der Waals surface area contributed by atoms with Crippen molar-refractivity contribution in [2.75, 3.05) is 0 Å². The van der Waals surface area contributed by atoms with Crippen molar-refractivity contribution >= 4 is 0 Å². The molecule has 0 nitrogen and oxygen atoms in total. The van der Waals surface area contributed by atoms with Gasteiger partial charge in [-0.1, -0.05) is 31.7 Å². The molecule has 2 rings (SSSR count). The Morgan fingerprint density at radius 1 is 1.12 bits per heavy atom. The van der Waals surface area contributed by atoms with E-state index in [0.717, 1.165) is 31.7 Å². The van der Waals surface area contributed by atoms with E-state index < -0.39 is 17.6 Å². The summed E-state index contributed by atoms with van der Waals surface area (Å²) in [7, 11) is 0. The number of alkyl halides is 3. The van der Waals surface area contributed by atoms with Crippen LogP contribution in [0.3, 0.4) is 0 Å². The SMILES string of the molecule is Fc1cc(C(F)(F)F)ccc1CC1CCCC1. The lowest BCUT2D eigenvalue weighted by atomic mass is 9.97. The summed E-state index contributed by atoms with van der Waals surface area (Å²) in [6, 6.07) is 2.84. The fourth-order valence-corrected chi connectivity index (χ4v) is 2.41. The molecule has 0 aromatic heterocycles. The maximum absolute atomic E-state index is 13.5. The van der Waals surface area contributed by atoms with Crippen LogP contribution in [0.2, 0.25) is 0 Å². The summed E-state index contributed by atoms with van der Waals surface area (Å²) < 4.78 is 50.5. The van der Waals surface area contributed by atoms with Gasteiger partial charge in [-0.25, -0.2) is 4.39 Å². The standard InChI is InChI=1S/C13H14F4/c14-12-8-11(13(15,16)17)6-5-10(12)7-9-3-1-2-4-9/h5-6,8-9H,1-4,7H2. The highest BCUT2D eigenvalue weighted by molar-refractivity contribution is 5.26. The minimum Gasteiger partial charge on any atom is -0.207 e. The normalized spacial score (nSPS) is 17.6. The Morgan fingerprint density at radius 2 is 1.76 bits per heavy atom. The minimum atomic E-state index is -4.47. The van der Waals surface area contributed by atoms with Gasteiger partial charge in [0.15, 0.2) is 0 Å². The lowest BCUT2D eigenvalue weighted by molar-refractivity contribution is -0.137. The summed E-state index contributed by atoms with van der Waals surface area (Å²) in [5.74, 6) is -0.298. The smallest absolute Gasteiger partial charge is 0.207 e. The first-order chi connectivity index (χ1) is 7.97. The molecule has 0 radical (unpaired) electrons. The molecule has 1 saturated carbocycles. The molecule has 0 heterocycles. The van der Waals surface area contributed by atoms with Crippen LogP contribution in [-0.4, -0.2) is 0 Å². The molecular formula is C13H14F4. The average Bonchev–Trinajstić information content (AvgIpc) is 2.72. The quantitative estimate of drug-likeness (QED) is 0.670. The molecule has 0 amide bonds. The predicted octanol–water partition coefficient (Wildman–Crippen LogP) is 4.58. The summed E-state index contributed by atoms with van der Waals surface area (Å²) >= 11 is 0. The van der Waals surface area contributed by atoms with E-state index in [1.165, 1.54) is 6.07 Å². The molecule has 0 bridgehead atoms. The van der Waals surface area contributed by atoms with Gasteiger partial charge < -0.3 is 0 Å². The van der Waals surface area contributed by atoms with Gasteiger partial charge in [0.2, 0.25) is 0 Å². The van der Waals surface area contributed by atoms with Gasteiger partial charge in [-0.3, -0.25) is 0 Å². The van der Waals surface area contributed by atoms with E-state index in [4.69, 9.17) is 0 Å².